The van der Waals surface area contributed by atoms with Gasteiger partial charge in [-0.25, -0.2) is 4.39 Å². The van der Waals surface area contributed by atoms with E-state index in [0.717, 1.165) is 13.1 Å². The number of nitrogens with zero attached hydrogens (tertiary/aromatic N) is 2. The molecular formula is C13H16BrFN2O2. The largest absolute Gasteiger partial charge is 0.395 e. The van der Waals surface area contributed by atoms with Gasteiger partial charge >= 0.3 is 0 Å². The molecule has 0 spiro atoms. The predicted molar refractivity (Wildman–Crippen MR) is 73.5 cm³/mol. The van der Waals surface area contributed by atoms with Gasteiger partial charge in [0.05, 0.1) is 12.2 Å². The maximum Gasteiger partial charge on any atom is 0.255 e. The van der Waals surface area contributed by atoms with Crippen LogP contribution in [-0.2, 0) is 0 Å². The van der Waals surface area contributed by atoms with Crippen molar-refractivity contribution in [3.05, 3.63) is 34.1 Å². The van der Waals surface area contributed by atoms with Crippen LogP contribution < -0.4 is 0 Å². The van der Waals surface area contributed by atoms with Gasteiger partial charge in [-0.2, -0.15) is 0 Å². The summed E-state index contributed by atoms with van der Waals surface area (Å²) in [4.78, 5) is 16.2. The summed E-state index contributed by atoms with van der Waals surface area (Å²) in [6.45, 7) is 3.54. The second-order valence-corrected chi connectivity index (χ2v) is 5.34. The molecule has 1 heterocycles. The Balaban J connectivity index is 2.01. The minimum atomic E-state index is -0.365. The summed E-state index contributed by atoms with van der Waals surface area (Å²) in [6, 6.07) is 4.09. The molecule has 1 fully saturated rings. The van der Waals surface area contributed by atoms with Crippen molar-refractivity contribution in [1.82, 2.24) is 9.80 Å². The molecule has 0 saturated carbocycles. The maximum absolute atomic E-state index is 13.0. The number of rotatable bonds is 3. The van der Waals surface area contributed by atoms with Crippen LogP contribution in [0.25, 0.3) is 0 Å². The van der Waals surface area contributed by atoms with Crippen molar-refractivity contribution < 1.29 is 14.3 Å². The monoisotopic (exact) mass is 330 g/mol. The molecule has 2 rings (SSSR count). The first kappa shape index (κ1) is 14.4. The summed E-state index contributed by atoms with van der Waals surface area (Å²) in [6.07, 6.45) is 0. The average Bonchev–Trinajstić information content (AvgIpc) is 2.39. The SMILES string of the molecule is O=C(c1ccc(F)cc1Br)N1CCN(CCO)CC1. The highest BCUT2D eigenvalue weighted by atomic mass is 79.9. The normalized spacial score (nSPS) is 16.7. The van der Waals surface area contributed by atoms with Gasteiger partial charge in [-0.15, -0.1) is 0 Å². The van der Waals surface area contributed by atoms with Gasteiger partial charge in [-0.3, -0.25) is 9.69 Å². The second-order valence-electron chi connectivity index (χ2n) is 4.48. The van der Waals surface area contributed by atoms with Crippen molar-refractivity contribution in [2.75, 3.05) is 39.3 Å². The Kier molecular flexibility index (Phi) is 4.90. The van der Waals surface area contributed by atoms with Gasteiger partial charge in [0.2, 0.25) is 0 Å². The van der Waals surface area contributed by atoms with Gasteiger partial charge < -0.3 is 10.0 Å². The molecular weight excluding hydrogens is 315 g/mol. The number of amides is 1. The topological polar surface area (TPSA) is 43.8 Å². The molecule has 1 aliphatic rings. The van der Waals surface area contributed by atoms with Crippen molar-refractivity contribution in [3.8, 4) is 0 Å². The van der Waals surface area contributed by atoms with Crippen LogP contribution in [0.15, 0.2) is 22.7 Å². The van der Waals surface area contributed by atoms with E-state index < -0.39 is 0 Å². The summed E-state index contributed by atoms with van der Waals surface area (Å²) in [5.74, 6) is -0.452. The lowest BCUT2D eigenvalue weighted by Crippen LogP contribution is -2.49. The number of halogens is 2. The van der Waals surface area contributed by atoms with Gasteiger partial charge in [0.25, 0.3) is 5.91 Å². The van der Waals surface area contributed by atoms with Crippen LogP contribution in [0, 0.1) is 5.82 Å². The zero-order valence-corrected chi connectivity index (χ0v) is 12.1. The van der Waals surface area contributed by atoms with Gasteiger partial charge in [0.15, 0.2) is 0 Å². The summed E-state index contributed by atoms with van der Waals surface area (Å²) < 4.78 is 13.5. The second kappa shape index (κ2) is 6.45. The van der Waals surface area contributed by atoms with Crippen molar-refractivity contribution in [2.24, 2.45) is 0 Å². The standard InChI is InChI=1S/C13H16BrFN2O2/c14-12-9-10(15)1-2-11(12)13(19)17-5-3-16(4-6-17)7-8-18/h1-2,9,18H,3-8H2. The molecule has 1 aliphatic heterocycles. The molecule has 1 aromatic carbocycles. The number of β-amino-alcohol motifs (C(OH)–C–C–N with tert-alkyl or cyclic N) is 1. The van der Waals surface area contributed by atoms with E-state index in [4.69, 9.17) is 5.11 Å². The van der Waals surface area contributed by atoms with E-state index in [1.165, 1.54) is 18.2 Å². The Bertz CT molecular complexity index is 462. The number of aliphatic hydroxyl groups is 1. The van der Waals surface area contributed by atoms with Crippen LogP contribution in [0.5, 0.6) is 0 Å². The van der Waals surface area contributed by atoms with E-state index >= 15 is 0 Å². The van der Waals surface area contributed by atoms with Gasteiger partial charge in [-0.05, 0) is 34.1 Å². The third-order valence-electron chi connectivity index (χ3n) is 3.24. The molecule has 19 heavy (non-hydrogen) atoms. The van der Waals surface area contributed by atoms with Crippen LogP contribution >= 0.6 is 15.9 Å². The summed E-state index contributed by atoms with van der Waals surface area (Å²) >= 11 is 3.22. The molecule has 1 aromatic rings. The van der Waals surface area contributed by atoms with E-state index in [1.807, 2.05) is 0 Å². The van der Waals surface area contributed by atoms with Crippen LogP contribution in [0.4, 0.5) is 4.39 Å². The molecule has 0 radical (unpaired) electrons. The van der Waals surface area contributed by atoms with E-state index in [-0.39, 0.29) is 18.3 Å². The minimum absolute atomic E-state index is 0.0875. The molecule has 1 saturated heterocycles. The Labute approximate surface area is 119 Å². The summed E-state index contributed by atoms with van der Waals surface area (Å²) in [5.41, 5.74) is 0.483. The van der Waals surface area contributed by atoms with E-state index in [0.29, 0.717) is 29.7 Å². The van der Waals surface area contributed by atoms with Crippen LogP contribution in [0.1, 0.15) is 10.4 Å². The quantitative estimate of drug-likeness (QED) is 0.909. The molecule has 0 bridgehead atoms. The van der Waals surface area contributed by atoms with Crippen molar-refractivity contribution in [2.45, 2.75) is 0 Å². The number of piperazine rings is 1. The van der Waals surface area contributed by atoms with E-state index in [2.05, 4.69) is 20.8 Å². The number of hydrogen-bond donors (Lipinski definition) is 1. The predicted octanol–water partition coefficient (Wildman–Crippen LogP) is 1.34. The number of carbonyl (C=O) groups excluding carboxylic acids is 1. The van der Waals surface area contributed by atoms with Crippen LogP contribution in [0.3, 0.4) is 0 Å². The Morgan fingerprint density at radius 1 is 1.32 bits per heavy atom. The summed E-state index contributed by atoms with van der Waals surface area (Å²) in [7, 11) is 0. The fourth-order valence-corrected chi connectivity index (χ4v) is 2.67. The first-order valence-electron chi connectivity index (χ1n) is 6.19. The number of benzene rings is 1. The molecule has 1 amide bonds. The molecule has 0 unspecified atom stereocenters. The molecule has 4 nitrogen and oxygen atoms in total. The average molecular weight is 331 g/mol. The first-order chi connectivity index (χ1) is 9.11. The zero-order valence-electron chi connectivity index (χ0n) is 10.5. The summed E-state index contributed by atoms with van der Waals surface area (Å²) in [5, 5.41) is 8.87. The molecule has 104 valence electrons. The molecule has 0 aromatic heterocycles. The molecule has 6 heteroatoms. The van der Waals surface area contributed by atoms with E-state index in [9.17, 15) is 9.18 Å². The maximum atomic E-state index is 13.0. The molecule has 0 atom stereocenters. The van der Waals surface area contributed by atoms with Crippen molar-refractivity contribution >= 4 is 21.8 Å². The van der Waals surface area contributed by atoms with Gasteiger partial charge in [-0.1, -0.05) is 0 Å². The number of carbonyl (C=O) groups is 1. The lowest BCUT2D eigenvalue weighted by Gasteiger charge is -2.34. The van der Waals surface area contributed by atoms with Crippen LogP contribution in [-0.4, -0.2) is 60.1 Å². The lowest BCUT2D eigenvalue weighted by atomic mass is 10.1. The van der Waals surface area contributed by atoms with Gasteiger partial charge in [0, 0.05) is 37.2 Å². The minimum Gasteiger partial charge on any atom is -0.395 e. The van der Waals surface area contributed by atoms with Crippen LogP contribution in [0.2, 0.25) is 0 Å². The lowest BCUT2D eigenvalue weighted by molar-refractivity contribution is 0.0614. The smallest absolute Gasteiger partial charge is 0.255 e. The highest BCUT2D eigenvalue weighted by Gasteiger charge is 2.23. The molecule has 0 aliphatic carbocycles. The van der Waals surface area contributed by atoms with E-state index in [1.54, 1.807) is 4.90 Å². The first-order valence-corrected chi connectivity index (χ1v) is 6.98. The fourth-order valence-electron chi connectivity index (χ4n) is 2.15. The Hall–Kier alpha value is -0.980. The fraction of sp³-hybridized carbons (Fsp3) is 0.462. The number of hydrogen-bond acceptors (Lipinski definition) is 3. The number of aliphatic hydroxyl groups excluding tert-OH is 1. The highest BCUT2D eigenvalue weighted by molar-refractivity contribution is 9.10. The van der Waals surface area contributed by atoms with Gasteiger partial charge in [0.1, 0.15) is 5.82 Å². The van der Waals surface area contributed by atoms with Crippen molar-refractivity contribution in [1.29, 1.82) is 0 Å². The Morgan fingerprint density at radius 2 is 2.00 bits per heavy atom. The Morgan fingerprint density at radius 3 is 2.58 bits per heavy atom. The van der Waals surface area contributed by atoms with Crippen molar-refractivity contribution in [3.63, 3.8) is 0 Å². The highest BCUT2D eigenvalue weighted by Crippen LogP contribution is 2.20. The third-order valence-corrected chi connectivity index (χ3v) is 3.89. The third kappa shape index (κ3) is 3.52. The zero-order chi connectivity index (χ0) is 13.8. The molecule has 1 N–H and O–H groups in total.